The molecular formula is C15H21BrO. The second kappa shape index (κ2) is 4.31. The molecule has 0 radical (unpaired) electrons. The standard InChI is InChI=1S/C15H21BrO/c1-9-6-7-10(2)14(11(9)3)17-13-8-12(16)15(13,4)5/h6-7,12-13H,8H2,1-5H3. The third kappa shape index (κ3) is 2.12. The Labute approximate surface area is 113 Å². The summed E-state index contributed by atoms with van der Waals surface area (Å²) in [5.74, 6) is 1.09. The van der Waals surface area contributed by atoms with E-state index in [0.717, 1.165) is 12.2 Å². The third-order valence-electron chi connectivity index (χ3n) is 4.19. The lowest BCUT2D eigenvalue weighted by Crippen LogP contribution is -2.53. The highest BCUT2D eigenvalue weighted by atomic mass is 79.9. The summed E-state index contributed by atoms with van der Waals surface area (Å²) in [4.78, 5) is 0.574. The van der Waals surface area contributed by atoms with Gasteiger partial charge < -0.3 is 4.74 Å². The van der Waals surface area contributed by atoms with Gasteiger partial charge in [-0.3, -0.25) is 0 Å². The van der Waals surface area contributed by atoms with Gasteiger partial charge in [-0.1, -0.05) is 41.9 Å². The van der Waals surface area contributed by atoms with E-state index in [0.29, 0.717) is 10.9 Å². The summed E-state index contributed by atoms with van der Waals surface area (Å²) in [6.45, 7) is 10.9. The number of halogens is 1. The van der Waals surface area contributed by atoms with Crippen LogP contribution >= 0.6 is 15.9 Å². The number of alkyl halides is 1. The summed E-state index contributed by atoms with van der Waals surface area (Å²) in [6, 6.07) is 4.31. The number of aryl methyl sites for hydroxylation is 2. The van der Waals surface area contributed by atoms with Crippen molar-refractivity contribution in [3.05, 3.63) is 28.8 Å². The summed E-state index contributed by atoms with van der Waals surface area (Å²) in [6.07, 6.45) is 1.42. The molecule has 2 atom stereocenters. The Morgan fingerprint density at radius 1 is 1.18 bits per heavy atom. The molecule has 0 heterocycles. The fourth-order valence-electron chi connectivity index (χ4n) is 2.29. The maximum absolute atomic E-state index is 6.25. The maximum Gasteiger partial charge on any atom is 0.125 e. The van der Waals surface area contributed by atoms with Gasteiger partial charge in [0.2, 0.25) is 0 Å². The van der Waals surface area contributed by atoms with Crippen molar-refractivity contribution in [1.82, 2.24) is 0 Å². The monoisotopic (exact) mass is 296 g/mol. The van der Waals surface area contributed by atoms with Crippen LogP contribution in [0, 0.1) is 26.2 Å². The lowest BCUT2D eigenvalue weighted by Gasteiger charge is -2.49. The van der Waals surface area contributed by atoms with Gasteiger partial charge in [0.05, 0.1) is 0 Å². The molecular weight excluding hydrogens is 276 g/mol. The Hall–Kier alpha value is -0.500. The van der Waals surface area contributed by atoms with Crippen LogP contribution in [0.3, 0.4) is 0 Å². The Morgan fingerprint density at radius 2 is 1.76 bits per heavy atom. The number of rotatable bonds is 2. The van der Waals surface area contributed by atoms with E-state index in [4.69, 9.17) is 4.74 Å². The molecule has 0 bridgehead atoms. The van der Waals surface area contributed by atoms with Gasteiger partial charge in [-0.2, -0.15) is 0 Å². The second-order valence-corrected chi connectivity index (χ2v) is 6.89. The summed E-state index contributed by atoms with van der Waals surface area (Å²) in [7, 11) is 0. The first-order valence-electron chi connectivity index (χ1n) is 6.21. The van der Waals surface area contributed by atoms with Gasteiger partial charge in [-0.05, 0) is 43.9 Å². The van der Waals surface area contributed by atoms with Crippen molar-refractivity contribution in [1.29, 1.82) is 0 Å². The van der Waals surface area contributed by atoms with Crippen LogP contribution in [-0.4, -0.2) is 10.9 Å². The first-order valence-corrected chi connectivity index (χ1v) is 7.13. The van der Waals surface area contributed by atoms with Crippen LogP contribution in [0.2, 0.25) is 0 Å². The molecule has 0 aromatic heterocycles. The Balaban J connectivity index is 2.23. The van der Waals surface area contributed by atoms with E-state index in [1.807, 2.05) is 0 Å². The van der Waals surface area contributed by atoms with E-state index in [-0.39, 0.29) is 5.41 Å². The number of ether oxygens (including phenoxy) is 1. The van der Waals surface area contributed by atoms with Crippen LogP contribution in [0.4, 0.5) is 0 Å². The molecule has 1 fully saturated rings. The van der Waals surface area contributed by atoms with E-state index in [1.165, 1.54) is 16.7 Å². The zero-order valence-corrected chi connectivity index (χ0v) is 12.9. The predicted octanol–water partition coefficient (Wildman–Crippen LogP) is 4.55. The van der Waals surface area contributed by atoms with Gasteiger partial charge in [-0.25, -0.2) is 0 Å². The molecule has 1 aromatic carbocycles. The smallest absolute Gasteiger partial charge is 0.125 e. The molecule has 2 heteroatoms. The van der Waals surface area contributed by atoms with Gasteiger partial charge in [0, 0.05) is 10.2 Å². The summed E-state index contributed by atoms with van der Waals surface area (Å²) in [5.41, 5.74) is 4.04. The van der Waals surface area contributed by atoms with Crippen LogP contribution in [0.25, 0.3) is 0 Å². The Bertz CT molecular complexity index is 437. The highest BCUT2D eigenvalue weighted by Gasteiger charge is 2.48. The fraction of sp³-hybridized carbons (Fsp3) is 0.600. The van der Waals surface area contributed by atoms with Gasteiger partial charge in [0.15, 0.2) is 0 Å². The van der Waals surface area contributed by atoms with E-state index >= 15 is 0 Å². The molecule has 0 aliphatic heterocycles. The molecule has 0 N–H and O–H groups in total. The van der Waals surface area contributed by atoms with Gasteiger partial charge in [0.25, 0.3) is 0 Å². The summed E-state index contributed by atoms with van der Waals surface area (Å²) in [5, 5.41) is 0. The van der Waals surface area contributed by atoms with Crippen LogP contribution in [0.5, 0.6) is 5.75 Å². The van der Waals surface area contributed by atoms with E-state index in [1.54, 1.807) is 0 Å². The minimum absolute atomic E-state index is 0.225. The van der Waals surface area contributed by atoms with Crippen molar-refractivity contribution in [3.8, 4) is 5.75 Å². The van der Waals surface area contributed by atoms with Crippen LogP contribution < -0.4 is 4.74 Å². The SMILES string of the molecule is Cc1ccc(C)c(OC2CC(Br)C2(C)C)c1C. The van der Waals surface area contributed by atoms with Crippen LogP contribution in [0.1, 0.15) is 37.0 Å². The number of benzene rings is 1. The average Bonchev–Trinajstić information content (AvgIpc) is 2.28. The van der Waals surface area contributed by atoms with E-state index < -0.39 is 0 Å². The van der Waals surface area contributed by atoms with E-state index in [9.17, 15) is 0 Å². The minimum Gasteiger partial charge on any atom is -0.489 e. The van der Waals surface area contributed by atoms with Crippen molar-refractivity contribution in [2.45, 2.75) is 52.0 Å². The van der Waals surface area contributed by atoms with Crippen LogP contribution in [-0.2, 0) is 0 Å². The number of hydrogen-bond acceptors (Lipinski definition) is 1. The lowest BCUT2D eigenvalue weighted by molar-refractivity contribution is -0.00869. The molecule has 17 heavy (non-hydrogen) atoms. The predicted molar refractivity (Wildman–Crippen MR) is 76.2 cm³/mol. The zero-order chi connectivity index (χ0) is 12.8. The van der Waals surface area contributed by atoms with Gasteiger partial charge >= 0.3 is 0 Å². The topological polar surface area (TPSA) is 9.23 Å². The Kier molecular flexibility index (Phi) is 3.28. The first kappa shape index (κ1) is 12.9. The van der Waals surface area contributed by atoms with Crippen molar-refractivity contribution < 1.29 is 4.74 Å². The molecule has 2 unspecified atom stereocenters. The molecule has 1 nitrogen and oxygen atoms in total. The zero-order valence-electron chi connectivity index (χ0n) is 11.3. The highest BCUT2D eigenvalue weighted by Crippen LogP contribution is 2.48. The normalized spacial score (nSPS) is 26.5. The molecule has 1 aliphatic carbocycles. The van der Waals surface area contributed by atoms with Gasteiger partial charge in [0.1, 0.15) is 11.9 Å². The van der Waals surface area contributed by atoms with Crippen LogP contribution in [0.15, 0.2) is 12.1 Å². The average molecular weight is 297 g/mol. The van der Waals surface area contributed by atoms with Crippen molar-refractivity contribution in [3.63, 3.8) is 0 Å². The fourth-order valence-corrected chi connectivity index (χ4v) is 2.92. The third-order valence-corrected chi connectivity index (χ3v) is 5.75. The molecule has 1 aromatic rings. The van der Waals surface area contributed by atoms with Gasteiger partial charge in [-0.15, -0.1) is 0 Å². The molecule has 1 aliphatic rings. The second-order valence-electron chi connectivity index (χ2n) is 5.78. The molecule has 0 spiro atoms. The Morgan fingerprint density at radius 3 is 2.29 bits per heavy atom. The molecule has 1 saturated carbocycles. The van der Waals surface area contributed by atoms with Crippen molar-refractivity contribution in [2.24, 2.45) is 5.41 Å². The van der Waals surface area contributed by atoms with E-state index in [2.05, 4.69) is 62.7 Å². The summed E-state index contributed by atoms with van der Waals surface area (Å²) >= 11 is 3.71. The van der Waals surface area contributed by atoms with Crippen molar-refractivity contribution >= 4 is 15.9 Å². The first-order chi connectivity index (χ1) is 7.84. The largest absolute Gasteiger partial charge is 0.489 e. The lowest BCUT2D eigenvalue weighted by atomic mass is 9.69. The maximum atomic E-state index is 6.25. The molecule has 0 saturated heterocycles. The molecule has 0 amide bonds. The highest BCUT2D eigenvalue weighted by molar-refractivity contribution is 9.09. The minimum atomic E-state index is 0.225. The number of hydrogen-bond donors (Lipinski definition) is 0. The van der Waals surface area contributed by atoms with Crippen molar-refractivity contribution in [2.75, 3.05) is 0 Å². The molecule has 2 rings (SSSR count). The quantitative estimate of drug-likeness (QED) is 0.728. The summed E-state index contributed by atoms with van der Waals surface area (Å²) < 4.78 is 6.25. The molecule has 94 valence electrons.